The monoisotopic (exact) mass is 824 g/mol. The maximum absolute atomic E-state index is 13.3. The van der Waals surface area contributed by atoms with Gasteiger partial charge in [-0.2, -0.15) is 4.31 Å². The average molecular weight is 825 g/mol. The van der Waals surface area contributed by atoms with Crippen molar-refractivity contribution in [3.05, 3.63) is 59.7 Å². The summed E-state index contributed by atoms with van der Waals surface area (Å²) in [6, 6.07) is 13.6. The molecule has 1 N–H and O–H groups in total. The molecule has 2 aromatic carbocycles. The van der Waals surface area contributed by atoms with Crippen molar-refractivity contribution in [1.82, 2.24) is 9.62 Å². The van der Waals surface area contributed by atoms with Gasteiger partial charge in [-0.05, 0) is 81.5 Å². The van der Waals surface area contributed by atoms with Gasteiger partial charge in [0.1, 0.15) is 24.5 Å². The number of methoxy groups -OCH3 is 1. The Kier molecular flexibility index (Phi) is 22.0. The van der Waals surface area contributed by atoms with Gasteiger partial charge in [-0.15, -0.1) is 0 Å². The van der Waals surface area contributed by atoms with Crippen LogP contribution in [0.3, 0.4) is 0 Å². The first-order valence-corrected chi connectivity index (χ1v) is 20.7. The first kappa shape index (κ1) is 47.7. The predicted molar refractivity (Wildman–Crippen MR) is 209 cm³/mol. The molecule has 0 aliphatic carbocycles. The van der Waals surface area contributed by atoms with Crippen LogP contribution < -0.4 is 10.1 Å². The number of carbonyl (C=O) groups excluding carboxylic acids is 3. The molecule has 1 heterocycles. The third-order valence-electron chi connectivity index (χ3n) is 8.41. The minimum atomic E-state index is -3.73. The van der Waals surface area contributed by atoms with Gasteiger partial charge in [0.05, 0.1) is 97.7 Å². The molecule has 320 valence electrons. The van der Waals surface area contributed by atoms with Crippen LogP contribution in [-0.4, -0.2) is 149 Å². The van der Waals surface area contributed by atoms with E-state index in [1.165, 1.54) is 35.7 Å². The normalized spacial score (nSPS) is 14.0. The molecule has 1 aliphatic rings. The van der Waals surface area contributed by atoms with E-state index in [0.29, 0.717) is 112 Å². The summed E-state index contributed by atoms with van der Waals surface area (Å²) in [5, 5.41) is 2.50. The molecule has 0 aromatic heterocycles. The molecule has 2 aromatic rings. The third kappa shape index (κ3) is 19.5. The lowest BCUT2D eigenvalue weighted by molar-refractivity contribution is -0.153. The van der Waals surface area contributed by atoms with Gasteiger partial charge in [0, 0.05) is 18.7 Å². The standard InChI is InChI=1S/C40H60N2O14S/c1-40(2,3)56-38(44)31-41-39(45)34-7-11-36(12-8-34)57(46,47)42-16-13-33(14-17-42)32-5-9-35(10-6-32)55-30-29-54-28-27-53-26-25-52-24-23-51-22-21-50-20-19-49-18-15-37(43)48-4/h5-12,33H,13-31H2,1-4H3,(H,41,45). The Hall–Kier alpha value is -3.68. The molecule has 1 saturated heterocycles. The van der Waals surface area contributed by atoms with Crippen molar-refractivity contribution in [2.24, 2.45) is 0 Å². The summed E-state index contributed by atoms with van der Waals surface area (Å²) >= 11 is 0. The van der Waals surface area contributed by atoms with E-state index in [4.69, 9.17) is 37.9 Å². The second-order valence-electron chi connectivity index (χ2n) is 13.9. The summed E-state index contributed by atoms with van der Waals surface area (Å²) in [6.45, 7) is 11.3. The van der Waals surface area contributed by atoms with Gasteiger partial charge < -0.3 is 47.9 Å². The second-order valence-corrected chi connectivity index (χ2v) is 15.8. The zero-order valence-corrected chi connectivity index (χ0v) is 34.5. The Bertz CT molecular complexity index is 1560. The summed E-state index contributed by atoms with van der Waals surface area (Å²) in [5.74, 6) is -0.403. The van der Waals surface area contributed by atoms with Gasteiger partial charge in [-0.25, -0.2) is 8.42 Å². The number of hydrogen-bond donors (Lipinski definition) is 1. The number of nitrogens with one attached hydrogen (secondary N) is 1. The van der Waals surface area contributed by atoms with Crippen molar-refractivity contribution in [2.45, 2.75) is 56.4 Å². The smallest absolute Gasteiger partial charge is 0.325 e. The summed E-state index contributed by atoms with van der Waals surface area (Å²) in [4.78, 5) is 35.4. The number of ether oxygens (including phenoxy) is 9. The Balaban J connectivity index is 1.18. The van der Waals surface area contributed by atoms with Crippen molar-refractivity contribution in [1.29, 1.82) is 0 Å². The van der Waals surface area contributed by atoms with Crippen LogP contribution in [0, 0.1) is 0 Å². The Morgan fingerprint density at radius 2 is 1.14 bits per heavy atom. The van der Waals surface area contributed by atoms with Crippen LogP contribution in [0.15, 0.2) is 53.4 Å². The number of rotatable bonds is 28. The zero-order chi connectivity index (χ0) is 41.4. The lowest BCUT2D eigenvalue weighted by atomic mass is 9.90. The first-order chi connectivity index (χ1) is 27.4. The van der Waals surface area contributed by atoms with E-state index in [-0.39, 0.29) is 35.3 Å². The molecule has 16 nitrogen and oxygen atoms in total. The molecule has 57 heavy (non-hydrogen) atoms. The van der Waals surface area contributed by atoms with Crippen molar-refractivity contribution in [3.8, 4) is 5.75 Å². The molecular formula is C40H60N2O14S. The van der Waals surface area contributed by atoms with E-state index in [1.807, 2.05) is 24.3 Å². The molecule has 1 amide bonds. The second kappa shape index (κ2) is 26.3. The quantitative estimate of drug-likeness (QED) is 0.0974. The number of piperidine rings is 1. The fourth-order valence-corrected chi connectivity index (χ4v) is 6.97. The third-order valence-corrected chi connectivity index (χ3v) is 10.3. The highest BCUT2D eigenvalue weighted by Crippen LogP contribution is 2.31. The Morgan fingerprint density at radius 1 is 0.667 bits per heavy atom. The maximum atomic E-state index is 13.3. The molecule has 17 heteroatoms. The number of esters is 2. The van der Waals surface area contributed by atoms with Crippen LogP contribution in [0.2, 0.25) is 0 Å². The minimum absolute atomic E-state index is 0.111. The van der Waals surface area contributed by atoms with E-state index in [0.717, 1.165) is 11.3 Å². The topological polar surface area (TPSA) is 184 Å². The molecule has 0 atom stereocenters. The van der Waals surface area contributed by atoms with Crippen LogP contribution in [-0.2, 0) is 57.5 Å². The molecule has 0 radical (unpaired) electrons. The summed E-state index contributed by atoms with van der Waals surface area (Å²) in [5.41, 5.74) is 0.712. The van der Waals surface area contributed by atoms with E-state index in [9.17, 15) is 22.8 Å². The largest absolute Gasteiger partial charge is 0.491 e. The lowest BCUT2D eigenvalue weighted by Crippen LogP contribution is -2.38. The summed E-state index contributed by atoms with van der Waals surface area (Å²) in [7, 11) is -2.39. The Morgan fingerprint density at radius 3 is 1.61 bits per heavy atom. The Labute approximate surface area is 336 Å². The fraction of sp³-hybridized carbons (Fsp3) is 0.625. The fourth-order valence-electron chi connectivity index (χ4n) is 5.50. The van der Waals surface area contributed by atoms with E-state index < -0.39 is 27.5 Å². The predicted octanol–water partition coefficient (Wildman–Crippen LogP) is 3.37. The highest BCUT2D eigenvalue weighted by atomic mass is 32.2. The van der Waals surface area contributed by atoms with Crippen molar-refractivity contribution < 1.29 is 65.4 Å². The number of benzene rings is 2. The van der Waals surface area contributed by atoms with Gasteiger partial charge >= 0.3 is 11.9 Å². The molecule has 0 saturated carbocycles. The van der Waals surface area contributed by atoms with Crippen molar-refractivity contribution in [2.75, 3.05) is 113 Å². The van der Waals surface area contributed by atoms with Crippen LogP contribution in [0.1, 0.15) is 61.9 Å². The zero-order valence-electron chi connectivity index (χ0n) is 33.7. The lowest BCUT2D eigenvalue weighted by Gasteiger charge is -2.31. The summed E-state index contributed by atoms with van der Waals surface area (Å²) < 4.78 is 76.4. The van der Waals surface area contributed by atoms with Crippen molar-refractivity contribution in [3.63, 3.8) is 0 Å². The SMILES string of the molecule is COC(=O)CCOCCOCCOCCOCCOCCOCCOc1ccc(C2CCN(S(=O)(=O)c3ccc(C(=O)NCC(=O)OC(C)(C)C)cc3)CC2)cc1. The van der Waals surface area contributed by atoms with Gasteiger partial charge in [0.25, 0.3) is 5.91 Å². The molecule has 0 unspecified atom stereocenters. The highest BCUT2D eigenvalue weighted by Gasteiger charge is 2.30. The number of amides is 1. The van der Waals surface area contributed by atoms with Crippen LogP contribution in [0.5, 0.6) is 5.75 Å². The van der Waals surface area contributed by atoms with E-state index in [2.05, 4.69) is 10.1 Å². The molecule has 0 spiro atoms. The molecule has 0 bridgehead atoms. The van der Waals surface area contributed by atoms with Crippen LogP contribution in [0.4, 0.5) is 0 Å². The van der Waals surface area contributed by atoms with E-state index >= 15 is 0 Å². The number of carbonyl (C=O) groups is 3. The first-order valence-electron chi connectivity index (χ1n) is 19.3. The van der Waals surface area contributed by atoms with Crippen LogP contribution in [0.25, 0.3) is 0 Å². The van der Waals surface area contributed by atoms with E-state index in [1.54, 1.807) is 20.8 Å². The maximum Gasteiger partial charge on any atom is 0.325 e. The average Bonchev–Trinajstić information content (AvgIpc) is 3.20. The van der Waals surface area contributed by atoms with Gasteiger partial charge in [0.15, 0.2) is 0 Å². The van der Waals surface area contributed by atoms with Gasteiger partial charge in [0.2, 0.25) is 10.0 Å². The minimum Gasteiger partial charge on any atom is -0.491 e. The van der Waals surface area contributed by atoms with Gasteiger partial charge in [-0.1, -0.05) is 12.1 Å². The number of sulfonamides is 1. The molecule has 1 fully saturated rings. The van der Waals surface area contributed by atoms with Gasteiger partial charge in [-0.3, -0.25) is 14.4 Å². The van der Waals surface area contributed by atoms with Crippen molar-refractivity contribution >= 4 is 27.9 Å². The molecule has 3 rings (SSSR count). The molecular weight excluding hydrogens is 765 g/mol. The number of hydrogen-bond acceptors (Lipinski definition) is 14. The number of nitrogens with zero attached hydrogens (tertiary/aromatic N) is 1. The van der Waals surface area contributed by atoms with Crippen LogP contribution >= 0.6 is 0 Å². The summed E-state index contributed by atoms with van der Waals surface area (Å²) in [6.07, 6.45) is 1.59. The highest BCUT2D eigenvalue weighted by molar-refractivity contribution is 7.89. The molecule has 1 aliphatic heterocycles.